The normalized spacial score (nSPS) is 14.6. The topological polar surface area (TPSA) is 83.0 Å². The summed E-state index contributed by atoms with van der Waals surface area (Å²) in [6.07, 6.45) is 6.09. The Bertz CT molecular complexity index is 993. The maximum absolute atomic E-state index is 11.3. The molecule has 0 aliphatic heterocycles. The number of benzene rings is 2. The molecule has 1 aliphatic carbocycles. The first-order chi connectivity index (χ1) is 14.7. The second-order valence-corrected chi connectivity index (χ2v) is 8.49. The zero-order valence-corrected chi connectivity index (χ0v) is 17.9. The molecule has 3 aromatic rings. The molecule has 0 saturated heterocycles. The standard InChI is InChI=1S/C23H26N4O2S/c1-29-20-13-11-18(12-14-20)22-25-26-23(27(22)19-5-3-2-4-6-19)30-15-16-7-9-17(10-8-16)21(24)28/h7-14,19H,2-6,15H2,1H3,(H2,24,28). The number of carbonyl (C=O) groups excluding carboxylic acids is 1. The third kappa shape index (κ3) is 4.51. The Morgan fingerprint density at radius 3 is 2.40 bits per heavy atom. The van der Waals surface area contributed by atoms with Crippen LogP contribution in [0.25, 0.3) is 11.4 Å². The van der Waals surface area contributed by atoms with Gasteiger partial charge in [0.25, 0.3) is 0 Å². The lowest BCUT2D eigenvalue weighted by Gasteiger charge is -2.25. The number of thioether (sulfide) groups is 1. The fourth-order valence-electron chi connectivity index (χ4n) is 3.89. The predicted molar refractivity (Wildman–Crippen MR) is 119 cm³/mol. The molecule has 2 aromatic carbocycles. The molecule has 0 radical (unpaired) electrons. The van der Waals surface area contributed by atoms with Crippen LogP contribution in [0, 0.1) is 0 Å². The number of primary amides is 1. The summed E-state index contributed by atoms with van der Waals surface area (Å²) in [7, 11) is 1.67. The number of hydrogen-bond donors (Lipinski definition) is 1. The van der Waals surface area contributed by atoms with Crippen LogP contribution in [-0.2, 0) is 5.75 Å². The van der Waals surface area contributed by atoms with Crippen molar-refractivity contribution in [3.8, 4) is 17.1 Å². The Kier molecular flexibility index (Phi) is 6.38. The van der Waals surface area contributed by atoms with E-state index in [2.05, 4.69) is 14.8 Å². The molecule has 30 heavy (non-hydrogen) atoms. The van der Waals surface area contributed by atoms with Crippen LogP contribution in [0.5, 0.6) is 5.75 Å². The third-order valence-electron chi connectivity index (χ3n) is 5.56. The van der Waals surface area contributed by atoms with E-state index in [-0.39, 0.29) is 0 Å². The van der Waals surface area contributed by atoms with Crippen molar-refractivity contribution >= 4 is 17.7 Å². The Balaban J connectivity index is 1.60. The molecule has 0 unspecified atom stereocenters. The Labute approximate surface area is 180 Å². The molecule has 1 aliphatic rings. The summed E-state index contributed by atoms with van der Waals surface area (Å²) in [5.41, 5.74) is 8.03. The average molecular weight is 423 g/mol. The number of hydrogen-bond acceptors (Lipinski definition) is 5. The Hall–Kier alpha value is -2.80. The summed E-state index contributed by atoms with van der Waals surface area (Å²) in [5, 5.41) is 10.0. The molecule has 1 saturated carbocycles. The van der Waals surface area contributed by atoms with E-state index < -0.39 is 5.91 Å². The molecular formula is C23H26N4O2S. The van der Waals surface area contributed by atoms with Crippen LogP contribution in [0.1, 0.15) is 54.1 Å². The minimum atomic E-state index is -0.407. The van der Waals surface area contributed by atoms with Gasteiger partial charge in [-0.1, -0.05) is 43.2 Å². The van der Waals surface area contributed by atoms with Gasteiger partial charge in [0.2, 0.25) is 5.91 Å². The highest BCUT2D eigenvalue weighted by Gasteiger charge is 2.24. The van der Waals surface area contributed by atoms with Gasteiger partial charge in [-0.3, -0.25) is 9.36 Å². The molecule has 1 fully saturated rings. The maximum atomic E-state index is 11.3. The Morgan fingerprint density at radius 1 is 1.07 bits per heavy atom. The van der Waals surface area contributed by atoms with Crippen LogP contribution in [0.15, 0.2) is 53.7 Å². The second-order valence-electron chi connectivity index (χ2n) is 7.55. The molecule has 0 bridgehead atoms. The van der Waals surface area contributed by atoms with Crippen LogP contribution in [0.4, 0.5) is 0 Å². The van der Waals surface area contributed by atoms with Gasteiger partial charge in [0, 0.05) is 22.9 Å². The average Bonchev–Trinajstić information content (AvgIpc) is 3.22. The summed E-state index contributed by atoms with van der Waals surface area (Å²) in [6.45, 7) is 0. The third-order valence-corrected chi connectivity index (χ3v) is 6.57. The van der Waals surface area contributed by atoms with Crippen molar-refractivity contribution in [2.24, 2.45) is 5.73 Å². The molecular weight excluding hydrogens is 396 g/mol. The molecule has 2 N–H and O–H groups in total. The van der Waals surface area contributed by atoms with Gasteiger partial charge in [-0.05, 0) is 54.8 Å². The predicted octanol–water partition coefficient (Wildman–Crippen LogP) is 4.85. The zero-order valence-electron chi connectivity index (χ0n) is 17.1. The number of carbonyl (C=O) groups is 1. The molecule has 7 heteroatoms. The quantitative estimate of drug-likeness (QED) is 0.550. The van der Waals surface area contributed by atoms with E-state index in [1.165, 1.54) is 19.3 Å². The van der Waals surface area contributed by atoms with Gasteiger partial charge in [-0.2, -0.15) is 0 Å². The smallest absolute Gasteiger partial charge is 0.248 e. The van der Waals surface area contributed by atoms with Crippen molar-refractivity contribution in [3.63, 3.8) is 0 Å². The van der Waals surface area contributed by atoms with E-state index in [0.717, 1.165) is 46.5 Å². The van der Waals surface area contributed by atoms with Gasteiger partial charge in [0.15, 0.2) is 11.0 Å². The largest absolute Gasteiger partial charge is 0.497 e. The van der Waals surface area contributed by atoms with Gasteiger partial charge in [-0.25, -0.2) is 0 Å². The minimum Gasteiger partial charge on any atom is -0.497 e. The molecule has 1 aromatic heterocycles. The van der Waals surface area contributed by atoms with Crippen LogP contribution in [0.3, 0.4) is 0 Å². The number of methoxy groups -OCH3 is 1. The molecule has 1 amide bonds. The van der Waals surface area contributed by atoms with Crippen molar-refractivity contribution in [2.75, 3.05) is 7.11 Å². The SMILES string of the molecule is COc1ccc(-c2nnc(SCc3ccc(C(N)=O)cc3)n2C2CCCCC2)cc1. The summed E-state index contributed by atoms with van der Waals surface area (Å²) in [4.78, 5) is 11.3. The van der Waals surface area contributed by atoms with Crippen LogP contribution in [0.2, 0.25) is 0 Å². The van der Waals surface area contributed by atoms with Gasteiger partial charge in [-0.15, -0.1) is 10.2 Å². The fourth-order valence-corrected chi connectivity index (χ4v) is 4.86. The number of nitrogens with two attached hydrogens (primary N) is 1. The van der Waals surface area contributed by atoms with Crippen LogP contribution >= 0.6 is 11.8 Å². The second kappa shape index (κ2) is 9.34. The van der Waals surface area contributed by atoms with E-state index in [0.29, 0.717) is 11.6 Å². The number of amides is 1. The first-order valence-electron chi connectivity index (χ1n) is 10.3. The summed E-state index contributed by atoms with van der Waals surface area (Å²) in [6, 6.07) is 15.9. The molecule has 1 heterocycles. The van der Waals surface area contributed by atoms with Crippen molar-refractivity contribution in [1.29, 1.82) is 0 Å². The van der Waals surface area contributed by atoms with Crippen LogP contribution < -0.4 is 10.5 Å². The summed E-state index contributed by atoms with van der Waals surface area (Å²) in [5.74, 6) is 2.09. The van der Waals surface area contributed by atoms with Crippen molar-refractivity contribution in [2.45, 2.75) is 49.1 Å². The first-order valence-corrected chi connectivity index (χ1v) is 11.2. The monoisotopic (exact) mass is 422 g/mol. The fraction of sp³-hybridized carbons (Fsp3) is 0.348. The van der Waals surface area contributed by atoms with E-state index >= 15 is 0 Å². The van der Waals surface area contributed by atoms with Crippen molar-refractivity contribution in [1.82, 2.24) is 14.8 Å². The summed E-state index contributed by atoms with van der Waals surface area (Å²) >= 11 is 1.68. The molecule has 0 atom stereocenters. The molecule has 4 rings (SSSR count). The molecule has 156 valence electrons. The highest BCUT2D eigenvalue weighted by atomic mass is 32.2. The first kappa shape index (κ1) is 20.5. The number of nitrogens with zero attached hydrogens (tertiary/aromatic N) is 3. The lowest BCUT2D eigenvalue weighted by atomic mass is 9.95. The summed E-state index contributed by atoms with van der Waals surface area (Å²) < 4.78 is 7.61. The van der Waals surface area contributed by atoms with E-state index in [1.54, 1.807) is 31.0 Å². The zero-order chi connectivity index (χ0) is 20.9. The van der Waals surface area contributed by atoms with E-state index in [4.69, 9.17) is 10.5 Å². The minimum absolute atomic E-state index is 0.407. The van der Waals surface area contributed by atoms with E-state index in [9.17, 15) is 4.79 Å². The Morgan fingerprint density at radius 2 is 1.77 bits per heavy atom. The molecule has 0 spiro atoms. The number of ether oxygens (including phenoxy) is 1. The highest BCUT2D eigenvalue weighted by molar-refractivity contribution is 7.98. The number of rotatable bonds is 7. The van der Waals surface area contributed by atoms with Crippen molar-refractivity contribution in [3.05, 3.63) is 59.7 Å². The van der Waals surface area contributed by atoms with Gasteiger partial charge in [0.05, 0.1) is 7.11 Å². The molecule has 6 nitrogen and oxygen atoms in total. The van der Waals surface area contributed by atoms with Crippen LogP contribution in [-0.4, -0.2) is 27.8 Å². The van der Waals surface area contributed by atoms with E-state index in [1.807, 2.05) is 36.4 Å². The van der Waals surface area contributed by atoms with Gasteiger partial charge >= 0.3 is 0 Å². The van der Waals surface area contributed by atoms with Gasteiger partial charge < -0.3 is 10.5 Å². The lowest BCUT2D eigenvalue weighted by molar-refractivity contribution is 0.100. The maximum Gasteiger partial charge on any atom is 0.248 e. The van der Waals surface area contributed by atoms with Gasteiger partial charge in [0.1, 0.15) is 5.75 Å². The lowest BCUT2D eigenvalue weighted by Crippen LogP contribution is -2.15. The number of aromatic nitrogens is 3. The van der Waals surface area contributed by atoms with Crippen molar-refractivity contribution < 1.29 is 9.53 Å². The highest BCUT2D eigenvalue weighted by Crippen LogP contribution is 2.36.